The fourth-order valence-corrected chi connectivity index (χ4v) is 3.60. The first-order valence-corrected chi connectivity index (χ1v) is 10.7. The number of hydrogen-bond donors (Lipinski definition) is 0. The van der Waals surface area contributed by atoms with Crippen LogP contribution in [-0.2, 0) is 25.6 Å². The highest BCUT2D eigenvalue weighted by molar-refractivity contribution is 5.86. The molecular formula is C24H36N2O5. The zero-order valence-electron chi connectivity index (χ0n) is 20.0. The summed E-state index contributed by atoms with van der Waals surface area (Å²) in [6.07, 6.45) is -0.898. The van der Waals surface area contributed by atoms with Crippen LogP contribution in [0.3, 0.4) is 0 Å². The molecule has 1 amide bonds. The van der Waals surface area contributed by atoms with Crippen LogP contribution in [0.25, 0.3) is 0 Å². The quantitative estimate of drug-likeness (QED) is 0.639. The Hall–Kier alpha value is -2.57. The molecule has 0 saturated carbocycles. The lowest BCUT2D eigenvalue weighted by atomic mass is 9.85. The summed E-state index contributed by atoms with van der Waals surface area (Å²) >= 11 is 0. The van der Waals surface area contributed by atoms with E-state index in [0.717, 1.165) is 5.56 Å². The molecular weight excluding hydrogens is 396 g/mol. The molecule has 1 aromatic rings. The highest BCUT2D eigenvalue weighted by Gasteiger charge is 2.46. The minimum absolute atomic E-state index is 0.0600. The number of ether oxygens (including phenoxy) is 3. The van der Waals surface area contributed by atoms with Crippen LogP contribution >= 0.6 is 0 Å². The van der Waals surface area contributed by atoms with E-state index in [4.69, 9.17) is 19.2 Å². The molecule has 1 aliphatic rings. The predicted molar refractivity (Wildman–Crippen MR) is 120 cm³/mol. The fraction of sp³-hybridized carbons (Fsp3) is 0.625. The van der Waals surface area contributed by atoms with Crippen LogP contribution in [0.4, 0.5) is 4.79 Å². The average molecular weight is 433 g/mol. The van der Waals surface area contributed by atoms with Crippen LogP contribution in [-0.4, -0.2) is 47.8 Å². The summed E-state index contributed by atoms with van der Waals surface area (Å²) in [7, 11) is 1.54. The van der Waals surface area contributed by atoms with Crippen LogP contribution in [0.1, 0.15) is 60.5 Å². The lowest BCUT2D eigenvalue weighted by Crippen LogP contribution is -2.58. The summed E-state index contributed by atoms with van der Waals surface area (Å²) in [6, 6.07) is 9.15. The van der Waals surface area contributed by atoms with E-state index >= 15 is 0 Å². The maximum absolute atomic E-state index is 13.2. The van der Waals surface area contributed by atoms with Crippen molar-refractivity contribution >= 4 is 18.0 Å². The monoisotopic (exact) mass is 432 g/mol. The molecule has 7 nitrogen and oxygen atoms in total. The number of hydrogen-bond acceptors (Lipinski definition) is 6. The van der Waals surface area contributed by atoms with E-state index in [0.29, 0.717) is 5.90 Å². The van der Waals surface area contributed by atoms with E-state index in [2.05, 4.69) is 0 Å². The Kier molecular flexibility index (Phi) is 7.73. The highest BCUT2D eigenvalue weighted by Crippen LogP contribution is 2.35. The Morgan fingerprint density at radius 1 is 1.06 bits per heavy atom. The van der Waals surface area contributed by atoms with E-state index in [9.17, 15) is 9.59 Å². The van der Waals surface area contributed by atoms with Gasteiger partial charge in [-0.3, -0.25) is 9.69 Å². The molecule has 0 aromatic heterocycles. The van der Waals surface area contributed by atoms with Crippen molar-refractivity contribution in [1.82, 2.24) is 4.90 Å². The van der Waals surface area contributed by atoms with Gasteiger partial charge in [0.15, 0.2) is 5.90 Å². The number of methoxy groups -OCH3 is 1. The van der Waals surface area contributed by atoms with Gasteiger partial charge < -0.3 is 14.2 Å². The van der Waals surface area contributed by atoms with E-state index in [1.54, 1.807) is 4.90 Å². The number of esters is 1. The van der Waals surface area contributed by atoms with Crippen molar-refractivity contribution in [2.45, 2.75) is 79.3 Å². The maximum Gasteiger partial charge on any atom is 0.412 e. The first kappa shape index (κ1) is 24.7. The third-order valence-corrected chi connectivity index (χ3v) is 5.06. The van der Waals surface area contributed by atoms with Crippen molar-refractivity contribution in [3.63, 3.8) is 0 Å². The van der Waals surface area contributed by atoms with Crippen LogP contribution in [0.15, 0.2) is 35.3 Å². The summed E-state index contributed by atoms with van der Waals surface area (Å²) in [6.45, 7) is 13.5. The Balaban J connectivity index is 2.29. The highest BCUT2D eigenvalue weighted by atomic mass is 16.6. The second-order valence-corrected chi connectivity index (χ2v) is 10.00. The molecule has 0 radical (unpaired) electrons. The number of benzene rings is 1. The van der Waals surface area contributed by atoms with Gasteiger partial charge in [-0.15, -0.1) is 0 Å². The number of rotatable bonds is 4. The first-order valence-electron chi connectivity index (χ1n) is 10.7. The molecule has 0 unspecified atom stereocenters. The Bertz CT molecular complexity index is 792. The number of carbonyl (C=O) groups excluding carboxylic acids is 2. The average Bonchev–Trinajstić information content (AvgIpc) is 2.65. The van der Waals surface area contributed by atoms with E-state index < -0.39 is 23.8 Å². The van der Waals surface area contributed by atoms with E-state index in [-0.39, 0.29) is 30.5 Å². The van der Waals surface area contributed by atoms with Crippen molar-refractivity contribution in [1.29, 1.82) is 0 Å². The van der Waals surface area contributed by atoms with Gasteiger partial charge in [0.2, 0.25) is 0 Å². The van der Waals surface area contributed by atoms with Gasteiger partial charge in [-0.25, -0.2) is 9.79 Å². The largest absolute Gasteiger partial charge is 0.484 e. The molecule has 31 heavy (non-hydrogen) atoms. The second kappa shape index (κ2) is 9.71. The van der Waals surface area contributed by atoms with Gasteiger partial charge in [0.1, 0.15) is 18.4 Å². The van der Waals surface area contributed by atoms with E-state index in [1.165, 1.54) is 7.11 Å². The molecule has 3 atom stereocenters. The normalized spacial score (nSPS) is 21.9. The summed E-state index contributed by atoms with van der Waals surface area (Å²) in [4.78, 5) is 32.1. The number of amides is 1. The second-order valence-electron chi connectivity index (χ2n) is 10.00. The molecule has 0 saturated heterocycles. The number of aliphatic imine (C=N–C) groups is 1. The minimum Gasteiger partial charge on any atom is -0.484 e. The molecule has 1 aliphatic heterocycles. The molecule has 0 N–H and O–H groups in total. The molecule has 7 heteroatoms. The molecule has 2 rings (SSSR count). The summed E-state index contributed by atoms with van der Waals surface area (Å²) < 4.78 is 16.7. The van der Waals surface area contributed by atoms with Gasteiger partial charge in [-0.2, -0.15) is 0 Å². The predicted octanol–water partition coefficient (Wildman–Crippen LogP) is 4.79. The molecule has 0 fully saturated rings. The first-order chi connectivity index (χ1) is 14.3. The molecule has 0 spiro atoms. The summed E-state index contributed by atoms with van der Waals surface area (Å²) in [5, 5.41) is 0. The van der Waals surface area contributed by atoms with Gasteiger partial charge >= 0.3 is 12.1 Å². The minimum atomic E-state index is -0.596. The van der Waals surface area contributed by atoms with Gasteiger partial charge in [-0.1, -0.05) is 51.1 Å². The van der Waals surface area contributed by atoms with Gasteiger partial charge in [0.05, 0.1) is 19.4 Å². The van der Waals surface area contributed by atoms with E-state index in [1.807, 2.05) is 78.8 Å². The Morgan fingerprint density at radius 3 is 2.19 bits per heavy atom. The molecule has 1 aromatic carbocycles. The summed E-state index contributed by atoms with van der Waals surface area (Å²) in [5.74, 6) is -0.339. The van der Waals surface area contributed by atoms with Gasteiger partial charge in [0, 0.05) is 11.5 Å². The Labute approximate surface area is 185 Å². The molecule has 0 aliphatic carbocycles. The molecule has 172 valence electrons. The van der Waals surface area contributed by atoms with Crippen LogP contribution in [0, 0.1) is 11.3 Å². The lowest BCUT2D eigenvalue weighted by molar-refractivity contribution is -0.156. The lowest BCUT2D eigenvalue weighted by Gasteiger charge is -2.46. The maximum atomic E-state index is 13.2. The van der Waals surface area contributed by atoms with Gasteiger partial charge in [-0.05, 0) is 33.3 Å². The van der Waals surface area contributed by atoms with Crippen LogP contribution in [0.5, 0.6) is 0 Å². The van der Waals surface area contributed by atoms with Crippen LogP contribution < -0.4 is 0 Å². The van der Waals surface area contributed by atoms with Crippen LogP contribution in [0.2, 0.25) is 0 Å². The van der Waals surface area contributed by atoms with Crippen molar-refractivity contribution in [3.05, 3.63) is 35.9 Å². The van der Waals surface area contributed by atoms with Crippen molar-refractivity contribution in [3.8, 4) is 0 Å². The summed E-state index contributed by atoms with van der Waals surface area (Å²) in [5.41, 5.74) is -0.0540. The SMILES string of the molecule is COC1=N[C@@H](C(C)(C)C)N(C(=O)OCc2ccccc2)[C@@H](C)[C@@H]1CC(=O)OC(C)(C)C. The van der Waals surface area contributed by atoms with Crippen molar-refractivity contribution in [2.24, 2.45) is 16.3 Å². The molecule has 1 heterocycles. The third kappa shape index (κ3) is 6.71. The van der Waals surface area contributed by atoms with Crippen molar-refractivity contribution < 1.29 is 23.8 Å². The smallest absolute Gasteiger partial charge is 0.412 e. The fourth-order valence-electron chi connectivity index (χ4n) is 3.60. The van der Waals surface area contributed by atoms with Gasteiger partial charge in [0.25, 0.3) is 0 Å². The van der Waals surface area contributed by atoms with Crippen molar-refractivity contribution in [2.75, 3.05) is 7.11 Å². The molecule has 0 bridgehead atoms. The zero-order valence-corrected chi connectivity index (χ0v) is 20.0. The number of nitrogens with zero attached hydrogens (tertiary/aromatic N) is 2. The number of carbonyl (C=O) groups is 2. The Morgan fingerprint density at radius 2 is 1.68 bits per heavy atom. The zero-order chi connectivity index (χ0) is 23.4. The third-order valence-electron chi connectivity index (χ3n) is 5.06. The topological polar surface area (TPSA) is 77.4 Å². The standard InChI is InChI=1S/C24H36N2O5/c1-16-18(14-19(27)31-24(5,6)7)20(29-8)25-21(23(2,3)4)26(16)22(28)30-15-17-12-10-9-11-13-17/h9-13,16,18,21H,14-15H2,1-8H3/t16-,18-,21+/m0/s1.